The van der Waals surface area contributed by atoms with Crippen LogP contribution in [0.25, 0.3) is 10.9 Å². The molecule has 5 heteroatoms. The first kappa shape index (κ1) is 19.2. The summed E-state index contributed by atoms with van der Waals surface area (Å²) < 4.78 is 0. The molecule has 4 aromatic rings. The molecule has 0 fully saturated rings. The third kappa shape index (κ3) is 3.19. The highest BCUT2D eigenvalue weighted by Gasteiger charge is 2.36. The highest BCUT2D eigenvalue weighted by atomic mass is 35.5. The molecule has 1 aliphatic carbocycles. The molecule has 1 aromatic heterocycles. The number of Topliss-reactive ketones (excluding diaryl/α,β-unsaturated/α-hetero) is 1. The summed E-state index contributed by atoms with van der Waals surface area (Å²) in [5, 5.41) is 9.11. The molecule has 0 saturated heterocycles. The van der Waals surface area contributed by atoms with Gasteiger partial charge in [-0.3, -0.25) is 4.79 Å². The van der Waals surface area contributed by atoms with Gasteiger partial charge in [0.1, 0.15) is 0 Å². The molecule has 3 N–H and O–H groups in total. The topological polar surface area (TPSA) is 56.9 Å². The minimum atomic E-state index is -0.226. The van der Waals surface area contributed by atoms with Gasteiger partial charge in [-0.2, -0.15) is 0 Å². The van der Waals surface area contributed by atoms with E-state index in [1.165, 1.54) is 0 Å². The van der Waals surface area contributed by atoms with Gasteiger partial charge in [0.15, 0.2) is 5.78 Å². The third-order valence-corrected chi connectivity index (χ3v) is 6.83. The molecule has 6 rings (SSSR count). The molecule has 4 nitrogen and oxygen atoms in total. The van der Waals surface area contributed by atoms with Crippen LogP contribution in [0, 0.1) is 0 Å². The van der Waals surface area contributed by atoms with Crippen molar-refractivity contribution in [2.75, 3.05) is 10.6 Å². The SMILES string of the molecule is O=C1C[C@H](c2ccc(Cl)cc2)CC2=C1[C@H](c1c[nH]c3ccccc13)Nc1ccccc1N2. The van der Waals surface area contributed by atoms with Crippen LogP contribution in [-0.2, 0) is 4.79 Å². The van der Waals surface area contributed by atoms with Gasteiger partial charge in [0.2, 0.25) is 0 Å². The minimum Gasteiger partial charge on any atom is -0.372 e. The van der Waals surface area contributed by atoms with E-state index in [2.05, 4.69) is 39.9 Å². The zero-order chi connectivity index (χ0) is 21.7. The van der Waals surface area contributed by atoms with Crippen LogP contribution in [0.4, 0.5) is 11.4 Å². The van der Waals surface area contributed by atoms with Crippen molar-refractivity contribution in [2.45, 2.75) is 24.8 Å². The molecular weight excluding hydrogens is 418 g/mol. The van der Waals surface area contributed by atoms with Gasteiger partial charge in [-0.1, -0.05) is 54.1 Å². The van der Waals surface area contributed by atoms with Gasteiger partial charge in [0.25, 0.3) is 0 Å². The second-order valence-corrected chi connectivity index (χ2v) is 8.95. The van der Waals surface area contributed by atoms with Crippen LogP contribution >= 0.6 is 11.6 Å². The maximum atomic E-state index is 13.7. The Kier molecular flexibility index (Phi) is 4.54. The van der Waals surface area contributed by atoms with Gasteiger partial charge in [-0.15, -0.1) is 0 Å². The summed E-state index contributed by atoms with van der Waals surface area (Å²) in [7, 11) is 0. The molecule has 0 bridgehead atoms. The van der Waals surface area contributed by atoms with Crippen LogP contribution in [0.3, 0.4) is 0 Å². The Morgan fingerprint density at radius 1 is 0.844 bits per heavy atom. The number of allylic oxidation sites excluding steroid dienone is 1. The quantitative estimate of drug-likeness (QED) is 0.322. The summed E-state index contributed by atoms with van der Waals surface area (Å²) >= 11 is 6.09. The molecule has 0 spiro atoms. The number of fused-ring (bicyclic) bond motifs is 2. The number of aromatic nitrogens is 1. The van der Waals surface area contributed by atoms with Crippen molar-refractivity contribution in [3.8, 4) is 0 Å². The number of nitrogens with one attached hydrogen (secondary N) is 3. The van der Waals surface area contributed by atoms with Crippen molar-refractivity contribution in [2.24, 2.45) is 0 Å². The number of para-hydroxylation sites is 3. The Balaban J connectivity index is 1.49. The lowest BCUT2D eigenvalue weighted by Crippen LogP contribution is -2.26. The fourth-order valence-corrected chi connectivity index (χ4v) is 5.16. The second-order valence-electron chi connectivity index (χ2n) is 8.51. The number of anilines is 2. The fraction of sp³-hybridized carbons (Fsp3) is 0.148. The van der Waals surface area contributed by atoms with E-state index in [4.69, 9.17) is 11.6 Å². The average molecular weight is 440 g/mol. The molecule has 0 saturated carbocycles. The fourth-order valence-electron chi connectivity index (χ4n) is 5.03. The molecule has 0 amide bonds. The predicted molar refractivity (Wildman–Crippen MR) is 130 cm³/mol. The van der Waals surface area contributed by atoms with E-state index in [0.29, 0.717) is 11.4 Å². The van der Waals surface area contributed by atoms with Gasteiger partial charge < -0.3 is 15.6 Å². The van der Waals surface area contributed by atoms with Crippen molar-refractivity contribution in [1.82, 2.24) is 4.98 Å². The average Bonchev–Trinajstić information content (AvgIpc) is 3.15. The zero-order valence-electron chi connectivity index (χ0n) is 17.4. The van der Waals surface area contributed by atoms with E-state index in [1.807, 2.05) is 54.7 Å². The van der Waals surface area contributed by atoms with E-state index < -0.39 is 0 Å². The molecule has 0 unspecified atom stereocenters. The van der Waals surface area contributed by atoms with Gasteiger partial charge in [-0.25, -0.2) is 0 Å². The highest BCUT2D eigenvalue weighted by Crippen LogP contribution is 2.45. The van der Waals surface area contributed by atoms with Crippen LogP contribution in [0.15, 0.2) is 90.3 Å². The molecule has 2 aliphatic rings. The van der Waals surface area contributed by atoms with Gasteiger partial charge in [-0.05, 0) is 48.2 Å². The summed E-state index contributed by atoms with van der Waals surface area (Å²) in [6.07, 6.45) is 3.29. The lowest BCUT2D eigenvalue weighted by Gasteiger charge is -2.29. The summed E-state index contributed by atoms with van der Waals surface area (Å²) in [6, 6.07) is 24.0. The Labute approximate surface area is 191 Å². The van der Waals surface area contributed by atoms with Gasteiger partial charge >= 0.3 is 0 Å². The normalized spacial score (nSPS) is 20.2. The van der Waals surface area contributed by atoms with Crippen LogP contribution in [0.2, 0.25) is 5.02 Å². The standard InChI is InChI=1S/C27H22ClN3O/c28-18-11-9-16(10-12-18)17-13-24-26(25(32)14-17)27(31-23-8-4-3-7-22(23)30-24)20-15-29-21-6-2-1-5-19(20)21/h1-12,15,17,27,29-31H,13-14H2/t17-,27+/m1/s1. The number of benzene rings is 3. The molecular formula is C27H22ClN3O. The van der Waals surface area contributed by atoms with E-state index in [1.54, 1.807) is 0 Å². The number of H-pyrrole nitrogens is 1. The molecule has 3 aromatic carbocycles. The maximum absolute atomic E-state index is 13.7. The van der Waals surface area contributed by atoms with Crippen molar-refractivity contribution >= 4 is 39.7 Å². The van der Waals surface area contributed by atoms with Crippen LogP contribution in [0.1, 0.15) is 35.9 Å². The zero-order valence-corrected chi connectivity index (χ0v) is 18.1. The van der Waals surface area contributed by atoms with Crippen LogP contribution in [0.5, 0.6) is 0 Å². The van der Waals surface area contributed by atoms with Crippen molar-refractivity contribution in [3.63, 3.8) is 0 Å². The smallest absolute Gasteiger partial charge is 0.163 e. The Bertz CT molecular complexity index is 1370. The van der Waals surface area contributed by atoms with Crippen molar-refractivity contribution < 1.29 is 4.79 Å². The first-order chi connectivity index (χ1) is 15.7. The van der Waals surface area contributed by atoms with Crippen LogP contribution < -0.4 is 10.6 Å². The van der Waals surface area contributed by atoms with E-state index in [-0.39, 0.29) is 17.7 Å². The van der Waals surface area contributed by atoms with Crippen LogP contribution in [-0.4, -0.2) is 10.8 Å². The van der Waals surface area contributed by atoms with Gasteiger partial charge in [0.05, 0.1) is 17.4 Å². The summed E-state index contributed by atoms with van der Waals surface area (Å²) in [6.45, 7) is 0. The number of rotatable bonds is 2. The Hall–Kier alpha value is -3.50. The summed E-state index contributed by atoms with van der Waals surface area (Å²) in [5.74, 6) is 0.300. The molecule has 1 aliphatic heterocycles. The van der Waals surface area contributed by atoms with E-state index in [0.717, 1.165) is 51.1 Å². The predicted octanol–water partition coefficient (Wildman–Crippen LogP) is 6.80. The van der Waals surface area contributed by atoms with Gasteiger partial charge in [0, 0.05) is 45.4 Å². The van der Waals surface area contributed by atoms with Crippen molar-refractivity contribution in [1.29, 1.82) is 0 Å². The molecule has 0 radical (unpaired) electrons. The van der Waals surface area contributed by atoms with Crippen molar-refractivity contribution in [3.05, 3.63) is 106 Å². The summed E-state index contributed by atoms with van der Waals surface area (Å²) in [5.41, 5.74) is 7.11. The number of halogens is 1. The number of hydrogen-bond acceptors (Lipinski definition) is 3. The van der Waals surface area contributed by atoms with E-state index in [9.17, 15) is 4.79 Å². The Morgan fingerprint density at radius 2 is 1.59 bits per heavy atom. The number of ketones is 1. The maximum Gasteiger partial charge on any atom is 0.163 e. The minimum absolute atomic E-state index is 0.125. The Morgan fingerprint density at radius 3 is 2.44 bits per heavy atom. The second kappa shape index (κ2) is 7.57. The molecule has 2 atom stereocenters. The lowest BCUT2D eigenvalue weighted by molar-refractivity contribution is -0.116. The number of aromatic amines is 1. The lowest BCUT2D eigenvalue weighted by atomic mass is 9.78. The first-order valence-electron chi connectivity index (χ1n) is 10.9. The number of hydrogen-bond donors (Lipinski definition) is 3. The third-order valence-electron chi connectivity index (χ3n) is 6.58. The largest absolute Gasteiger partial charge is 0.372 e. The monoisotopic (exact) mass is 439 g/mol. The molecule has 32 heavy (non-hydrogen) atoms. The molecule has 2 heterocycles. The summed E-state index contributed by atoms with van der Waals surface area (Å²) in [4.78, 5) is 17.0. The number of carbonyl (C=O) groups excluding carboxylic acids is 1. The first-order valence-corrected chi connectivity index (χ1v) is 11.3. The van der Waals surface area contributed by atoms with E-state index >= 15 is 0 Å². The highest BCUT2D eigenvalue weighted by molar-refractivity contribution is 6.30. The molecule has 158 valence electrons. The number of carbonyl (C=O) groups is 1.